The molecule has 0 spiro atoms. The number of benzene rings is 1. The van der Waals surface area contributed by atoms with Crippen LogP contribution in [0.4, 0.5) is 0 Å². The fraction of sp³-hybridized carbons (Fsp3) is 0.250. The Morgan fingerprint density at radius 3 is 2.50 bits per heavy atom. The van der Waals surface area contributed by atoms with Crippen LogP contribution in [-0.2, 0) is 14.8 Å². The molecule has 1 aromatic rings. The van der Waals surface area contributed by atoms with Gasteiger partial charge in [-0.15, -0.1) is 0 Å². The van der Waals surface area contributed by atoms with Gasteiger partial charge in [0.15, 0.2) is 0 Å². The van der Waals surface area contributed by atoms with Crippen LogP contribution in [0, 0.1) is 0 Å². The van der Waals surface area contributed by atoms with Crippen molar-refractivity contribution in [2.24, 2.45) is 0 Å². The zero-order valence-corrected chi connectivity index (χ0v) is 10.6. The fourth-order valence-electron chi connectivity index (χ4n) is 1.96. The number of aliphatic carboxylic acids is 1. The Kier molecular flexibility index (Phi) is 3.23. The molecule has 0 amide bonds. The van der Waals surface area contributed by atoms with Crippen LogP contribution < -0.4 is 0 Å². The average molecular weight is 267 g/mol. The Morgan fingerprint density at radius 2 is 1.94 bits per heavy atom. The Bertz CT molecular complexity index is 592. The topological polar surface area (TPSA) is 74.7 Å². The highest BCUT2D eigenvalue weighted by Crippen LogP contribution is 2.26. The van der Waals surface area contributed by atoms with E-state index in [1.165, 1.54) is 12.1 Å². The number of carboxylic acid groups (broad SMARTS) is 1. The number of nitrogens with zero attached hydrogens (tertiary/aromatic N) is 1. The van der Waals surface area contributed by atoms with Crippen molar-refractivity contribution in [1.82, 2.24) is 4.31 Å². The molecule has 1 N–H and O–H groups in total. The van der Waals surface area contributed by atoms with Crippen molar-refractivity contribution in [3.63, 3.8) is 0 Å². The van der Waals surface area contributed by atoms with E-state index in [2.05, 4.69) is 0 Å². The van der Waals surface area contributed by atoms with Crippen LogP contribution in [0.25, 0.3) is 0 Å². The molecule has 1 aromatic carbocycles. The molecule has 96 valence electrons. The molecule has 0 saturated carbocycles. The molecular formula is C12H13NO4S. The minimum absolute atomic E-state index is 0.0972. The van der Waals surface area contributed by atoms with E-state index in [1.807, 2.05) is 0 Å². The maximum absolute atomic E-state index is 12.3. The normalized spacial score (nSPS) is 20.7. The summed E-state index contributed by atoms with van der Waals surface area (Å²) in [5.41, 5.74) is 0.544. The Hall–Kier alpha value is -1.66. The van der Waals surface area contributed by atoms with Gasteiger partial charge >= 0.3 is 5.97 Å². The highest BCUT2D eigenvalue weighted by atomic mass is 32.2. The van der Waals surface area contributed by atoms with E-state index in [1.54, 1.807) is 31.2 Å². The van der Waals surface area contributed by atoms with E-state index < -0.39 is 22.0 Å². The molecule has 0 radical (unpaired) electrons. The van der Waals surface area contributed by atoms with E-state index >= 15 is 0 Å². The summed E-state index contributed by atoms with van der Waals surface area (Å²) >= 11 is 0. The van der Waals surface area contributed by atoms with Gasteiger partial charge in [-0.2, -0.15) is 4.31 Å². The summed E-state index contributed by atoms with van der Waals surface area (Å²) in [6.07, 6.45) is 1.62. The molecule has 1 atom stereocenters. The second-order valence-electron chi connectivity index (χ2n) is 4.08. The number of sulfonamides is 1. The molecule has 18 heavy (non-hydrogen) atoms. The third kappa shape index (κ3) is 2.04. The molecular weight excluding hydrogens is 254 g/mol. The van der Waals surface area contributed by atoms with E-state index in [9.17, 15) is 13.2 Å². The highest BCUT2D eigenvalue weighted by molar-refractivity contribution is 7.89. The molecule has 1 aliphatic rings. The summed E-state index contributed by atoms with van der Waals surface area (Å²) in [7, 11) is -3.77. The lowest BCUT2D eigenvalue weighted by molar-refractivity contribution is -0.139. The quantitative estimate of drug-likeness (QED) is 0.832. The zero-order chi connectivity index (χ0) is 13.3. The summed E-state index contributed by atoms with van der Waals surface area (Å²) < 4.78 is 25.6. The van der Waals surface area contributed by atoms with Crippen LogP contribution >= 0.6 is 0 Å². The average Bonchev–Trinajstić information content (AvgIpc) is 2.73. The Balaban J connectivity index is 2.41. The summed E-state index contributed by atoms with van der Waals surface area (Å²) in [6, 6.07) is 6.75. The maximum Gasteiger partial charge on any atom is 0.326 e. The first-order chi connectivity index (χ1) is 8.44. The first kappa shape index (κ1) is 12.8. The molecule has 0 fully saturated rings. The third-order valence-corrected chi connectivity index (χ3v) is 4.74. The second kappa shape index (κ2) is 4.55. The maximum atomic E-state index is 12.3. The van der Waals surface area contributed by atoms with Gasteiger partial charge in [0.2, 0.25) is 10.0 Å². The SMILES string of the molecule is CC1=CCN(S(=O)(=O)c2ccccc2)C1C(=O)O. The monoisotopic (exact) mass is 267 g/mol. The van der Waals surface area contributed by atoms with Gasteiger partial charge in [0, 0.05) is 6.54 Å². The van der Waals surface area contributed by atoms with Gasteiger partial charge < -0.3 is 5.11 Å². The first-order valence-corrected chi connectivity index (χ1v) is 6.85. The van der Waals surface area contributed by atoms with Crippen molar-refractivity contribution >= 4 is 16.0 Å². The summed E-state index contributed by atoms with van der Waals surface area (Å²) in [6.45, 7) is 1.72. The number of rotatable bonds is 3. The molecule has 6 heteroatoms. The molecule has 0 aromatic heterocycles. The molecule has 0 aliphatic carbocycles. The summed E-state index contributed by atoms with van der Waals surface area (Å²) in [5, 5.41) is 9.12. The smallest absolute Gasteiger partial charge is 0.326 e. The van der Waals surface area contributed by atoms with Crippen molar-refractivity contribution in [3.8, 4) is 0 Å². The van der Waals surface area contributed by atoms with Crippen molar-refractivity contribution < 1.29 is 18.3 Å². The molecule has 1 aliphatic heterocycles. The van der Waals surface area contributed by atoms with Crippen molar-refractivity contribution in [2.75, 3.05) is 6.54 Å². The van der Waals surface area contributed by atoms with Gasteiger partial charge in [-0.3, -0.25) is 4.79 Å². The lowest BCUT2D eigenvalue weighted by Gasteiger charge is -2.22. The number of carboxylic acids is 1. The van der Waals surface area contributed by atoms with Crippen molar-refractivity contribution in [3.05, 3.63) is 42.0 Å². The molecule has 2 rings (SSSR count). The number of hydrogen-bond acceptors (Lipinski definition) is 3. The van der Waals surface area contributed by atoms with Crippen LogP contribution in [0.2, 0.25) is 0 Å². The summed E-state index contributed by atoms with van der Waals surface area (Å²) in [5.74, 6) is -1.15. The Morgan fingerprint density at radius 1 is 1.33 bits per heavy atom. The summed E-state index contributed by atoms with van der Waals surface area (Å²) in [4.78, 5) is 11.3. The van der Waals surface area contributed by atoms with Crippen LogP contribution in [0.3, 0.4) is 0 Å². The largest absolute Gasteiger partial charge is 0.480 e. The zero-order valence-electron chi connectivity index (χ0n) is 9.78. The van der Waals surface area contributed by atoms with E-state index in [4.69, 9.17) is 5.11 Å². The van der Waals surface area contributed by atoms with E-state index in [0.717, 1.165) is 4.31 Å². The van der Waals surface area contributed by atoms with Crippen LogP contribution in [0.15, 0.2) is 46.9 Å². The lowest BCUT2D eigenvalue weighted by Crippen LogP contribution is -2.42. The van der Waals surface area contributed by atoms with Crippen LogP contribution in [0.1, 0.15) is 6.92 Å². The Labute approximate surface area is 105 Å². The van der Waals surface area contributed by atoms with Gasteiger partial charge in [-0.25, -0.2) is 8.42 Å². The molecule has 1 unspecified atom stereocenters. The van der Waals surface area contributed by atoms with Gasteiger partial charge in [0.25, 0.3) is 0 Å². The predicted molar refractivity (Wildman–Crippen MR) is 65.5 cm³/mol. The predicted octanol–water partition coefficient (Wildman–Crippen LogP) is 1.09. The standard InChI is InChI=1S/C12H13NO4S/c1-9-7-8-13(11(9)12(14)15)18(16,17)10-5-3-2-4-6-10/h2-7,11H,8H2,1H3,(H,14,15). The highest BCUT2D eigenvalue weighted by Gasteiger charge is 2.39. The van der Waals surface area contributed by atoms with Gasteiger partial charge in [-0.05, 0) is 24.6 Å². The number of carbonyl (C=O) groups is 1. The minimum atomic E-state index is -3.77. The lowest BCUT2D eigenvalue weighted by atomic mass is 10.2. The fourth-order valence-corrected chi connectivity index (χ4v) is 3.54. The van der Waals surface area contributed by atoms with Crippen molar-refractivity contribution in [2.45, 2.75) is 17.9 Å². The minimum Gasteiger partial charge on any atom is -0.480 e. The van der Waals surface area contributed by atoms with Crippen molar-refractivity contribution in [1.29, 1.82) is 0 Å². The molecule has 0 saturated heterocycles. The van der Waals surface area contributed by atoms with Crippen LogP contribution in [0.5, 0.6) is 0 Å². The molecule has 5 nitrogen and oxygen atoms in total. The molecule has 1 heterocycles. The third-order valence-electron chi connectivity index (χ3n) is 2.90. The second-order valence-corrected chi connectivity index (χ2v) is 5.97. The van der Waals surface area contributed by atoms with E-state index in [-0.39, 0.29) is 11.4 Å². The molecule has 0 bridgehead atoms. The number of hydrogen-bond donors (Lipinski definition) is 1. The van der Waals surface area contributed by atoms with Gasteiger partial charge in [0.05, 0.1) is 4.90 Å². The van der Waals surface area contributed by atoms with Crippen LogP contribution in [-0.4, -0.2) is 36.4 Å². The van der Waals surface area contributed by atoms with Gasteiger partial charge in [-0.1, -0.05) is 24.3 Å². The first-order valence-electron chi connectivity index (χ1n) is 5.41. The van der Waals surface area contributed by atoms with Gasteiger partial charge in [0.1, 0.15) is 6.04 Å². The van der Waals surface area contributed by atoms with E-state index in [0.29, 0.717) is 5.57 Å².